The number of hydrogen-bond donors (Lipinski definition) is 2. The van der Waals surface area contributed by atoms with Crippen LogP contribution >= 0.6 is 0 Å². The SMILES string of the molecule is CN(CCO)C(=O)c1cccc(F)c1N. The molecule has 0 radical (unpaired) electrons. The highest BCUT2D eigenvalue weighted by atomic mass is 19.1. The smallest absolute Gasteiger partial charge is 0.255 e. The van der Waals surface area contributed by atoms with Crippen molar-refractivity contribution in [2.45, 2.75) is 0 Å². The van der Waals surface area contributed by atoms with Crippen LogP contribution in [0.5, 0.6) is 0 Å². The van der Waals surface area contributed by atoms with Crippen LogP contribution in [-0.2, 0) is 0 Å². The minimum absolute atomic E-state index is 0.117. The van der Waals surface area contributed by atoms with Crippen molar-refractivity contribution in [1.29, 1.82) is 0 Å². The summed E-state index contributed by atoms with van der Waals surface area (Å²) in [6.45, 7) is 0.0479. The first-order valence-corrected chi connectivity index (χ1v) is 4.48. The number of para-hydroxylation sites is 1. The van der Waals surface area contributed by atoms with Gasteiger partial charge >= 0.3 is 0 Å². The van der Waals surface area contributed by atoms with E-state index in [0.29, 0.717) is 0 Å². The van der Waals surface area contributed by atoms with Gasteiger partial charge in [-0.25, -0.2) is 4.39 Å². The zero-order chi connectivity index (χ0) is 11.4. The summed E-state index contributed by atoms with van der Waals surface area (Å²) < 4.78 is 13.0. The van der Waals surface area contributed by atoms with E-state index < -0.39 is 11.7 Å². The number of rotatable bonds is 3. The molecule has 0 bridgehead atoms. The van der Waals surface area contributed by atoms with E-state index in [9.17, 15) is 9.18 Å². The van der Waals surface area contributed by atoms with Crippen LogP contribution in [0.25, 0.3) is 0 Å². The Morgan fingerprint density at radius 3 is 2.87 bits per heavy atom. The number of nitrogens with zero attached hydrogens (tertiary/aromatic N) is 1. The fourth-order valence-electron chi connectivity index (χ4n) is 1.18. The van der Waals surface area contributed by atoms with Gasteiger partial charge in [-0.1, -0.05) is 6.07 Å². The number of benzene rings is 1. The quantitative estimate of drug-likeness (QED) is 0.716. The molecular weight excluding hydrogens is 199 g/mol. The molecule has 0 heterocycles. The summed E-state index contributed by atoms with van der Waals surface area (Å²) >= 11 is 0. The fraction of sp³-hybridized carbons (Fsp3) is 0.300. The number of carbonyl (C=O) groups is 1. The van der Waals surface area contributed by atoms with Gasteiger partial charge in [0.2, 0.25) is 0 Å². The molecule has 3 N–H and O–H groups in total. The number of hydrogen-bond acceptors (Lipinski definition) is 3. The molecule has 1 rings (SSSR count). The van der Waals surface area contributed by atoms with E-state index in [2.05, 4.69) is 0 Å². The molecule has 15 heavy (non-hydrogen) atoms. The number of halogens is 1. The molecule has 0 aliphatic rings. The first-order valence-electron chi connectivity index (χ1n) is 4.48. The highest BCUT2D eigenvalue weighted by Gasteiger charge is 2.15. The van der Waals surface area contributed by atoms with Gasteiger partial charge in [0.15, 0.2) is 0 Å². The predicted molar refractivity (Wildman–Crippen MR) is 54.9 cm³/mol. The highest BCUT2D eigenvalue weighted by molar-refractivity contribution is 5.99. The van der Waals surface area contributed by atoms with E-state index in [4.69, 9.17) is 10.8 Å². The first-order chi connectivity index (χ1) is 7.07. The van der Waals surface area contributed by atoms with Crippen molar-refractivity contribution in [3.05, 3.63) is 29.6 Å². The number of aliphatic hydroxyl groups is 1. The molecule has 0 fully saturated rings. The third kappa shape index (κ3) is 2.44. The number of anilines is 1. The highest BCUT2D eigenvalue weighted by Crippen LogP contribution is 2.17. The molecule has 4 nitrogen and oxygen atoms in total. The van der Waals surface area contributed by atoms with Crippen LogP contribution in [0, 0.1) is 5.82 Å². The van der Waals surface area contributed by atoms with Gasteiger partial charge in [-0.15, -0.1) is 0 Å². The first kappa shape index (κ1) is 11.5. The zero-order valence-electron chi connectivity index (χ0n) is 8.40. The van der Waals surface area contributed by atoms with Crippen molar-refractivity contribution in [3.8, 4) is 0 Å². The molecule has 0 atom stereocenters. The number of nitrogen functional groups attached to an aromatic ring is 1. The molecule has 1 aromatic rings. The van der Waals surface area contributed by atoms with E-state index in [1.807, 2.05) is 0 Å². The van der Waals surface area contributed by atoms with Gasteiger partial charge in [0.1, 0.15) is 5.82 Å². The van der Waals surface area contributed by atoms with Gasteiger partial charge in [-0.2, -0.15) is 0 Å². The minimum atomic E-state index is -0.613. The lowest BCUT2D eigenvalue weighted by atomic mass is 10.1. The Labute approximate surface area is 87.1 Å². The van der Waals surface area contributed by atoms with Crippen molar-refractivity contribution >= 4 is 11.6 Å². The maximum absolute atomic E-state index is 13.0. The molecule has 82 valence electrons. The summed E-state index contributed by atoms with van der Waals surface area (Å²) in [6, 6.07) is 4.07. The average molecular weight is 212 g/mol. The second kappa shape index (κ2) is 4.75. The van der Waals surface area contributed by atoms with E-state index in [0.717, 1.165) is 0 Å². The van der Waals surface area contributed by atoms with E-state index in [-0.39, 0.29) is 24.4 Å². The Hall–Kier alpha value is -1.62. The van der Waals surface area contributed by atoms with Crippen LogP contribution in [0.2, 0.25) is 0 Å². The number of amides is 1. The second-order valence-electron chi connectivity index (χ2n) is 3.15. The topological polar surface area (TPSA) is 66.6 Å². The van der Waals surface area contributed by atoms with Gasteiger partial charge in [0.25, 0.3) is 5.91 Å². The average Bonchev–Trinajstić information content (AvgIpc) is 2.21. The van der Waals surface area contributed by atoms with E-state index >= 15 is 0 Å². The molecule has 0 saturated carbocycles. The van der Waals surface area contributed by atoms with Crippen LogP contribution in [0.1, 0.15) is 10.4 Å². The van der Waals surface area contributed by atoms with Gasteiger partial charge in [-0.3, -0.25) is 4.79 Å². The van der Waals surface area contributed by atoms with Crippen LogP contribution in [0.15, 0.2) is 18.2 Å². The summed E-state index contributed by atoms with van der Waals surface area (Å²) in [7, 11) is 1.52. The molecular formula is C10H13FN2O2. The van der Waals surface area contributed by atoms with Gasteiger partial charge in [0, 0.05) is 13.6 Å². The van der Waals surface area contributed by atoms with Crippen LogP contribution in [0.4, 0.5) is 10.1 Å². The van der Waals surface area contributed by atoms with Crippen molar-refractivity contribution in [1.82, 2.24) is 4.90 Å². The molecule has 1 amide bonds. The van der Waals surface area contributed by atoms with Gasteiger partial charge in [-0.05, 0) is 12.1 Å². The minimum Gasteiger partial charge on any atom is -0.396 e. The molecule has 0 aliphatic heterocycles. The summed E-state index contributed by atoms with van der Waals surface area (Å²) in [6.07, 6.45) is 0. The van der Waals surface area contributed by atoms with Crippen molar-refractivity contribution < 1.29 is 14.3 Å². The number of nitrogens with two attached hydrogens (primary N) is 1. The molecule has 0 unspecified atom stereocenters. The Bertz CT molecular complexity index is 368. The maximum Gasteiger partial charge on any atom is 0.255 e. The van der Waals surface area contributed by atoms with Crippen molar-refractivity contribution in [2.75, 3.05) is 25.9 Å². The van der Waals surface area contributed by atoms with Gasteiger partial charge in [0.05, 0.1) is 17.9 Å². The Kier molecular flexibility index (Phi) is 3.62. The van der Waals surface area contributed by atoms with Crippen LogP contribution < -0.4 is 5.73 Å². The Morgan fingerprint density at radius 1 is 1.60 bits per heavy atom. The summed E-state index contributed by atoms with van der Waals surface area (Å²) in [5.41, 5.74) is 5.39. The monoisotopic (exact) mass is 212 g/mol. The lowest BCUT2D eigenvalue weighted by Gasteiger charge is -2.16. The summed E-state index contributed by atoms with van der Waals surface area (Å²) in [4.78, 5) is 13.0. The van der Waals surface area contributed by atoms with Crippen LogP contribution in [-0.4, -0.2) is 36.1 Å². The van der Waals surface area contributed by atoms with E-state index in [1.165, 1.54) is 30.1 Å². The Morgan fingerprint density at radius 2 is 2.27 bits per heavy atom. The molecule has 0 aromatic heterocycles. The predicted octanol–water partition coefficient (Wildman–Crippen LogP) is 0.472. The molecule has 0 saturated heterocycles. The van der Waals surface area contributed by atoms with Gasteiger partial charge < -0.3 is 15.7 Å². The van der Waals surface area contributed by atoms with E-state index in [1.54, 1.807) is 0 Å². The zero-order valence-corrected chi connectivity index (χ0v) is 8.40. The third-order valence-electron chi connectivity index (χ3n) is 2.07. The summed E-state index contributed by atoms with van der Waals surface area (Å²) in [5.74, 6) is -1.01. The third-order valence-corrected chi connectivity index (χ3v) is 2.07. The van der Waals surface area contributed by atoms with Crippen LogP contribution in [0.3, 0.4) is 0 Å². The number of aliphatic hydroxyl groups excluding tert-OH is 1. The molecule has 0 spiro atoms. The number of carbonyl (C=O) groups excluding carboxylic acids is 1. The summed E-state index contributed by atoms with van der Waals surface area (Å²) in [5, 5.41) is 8.66. The van der Waals surface area contributed by atoms with Crippen molar-refractivity contribution in [2.24, 2.45) is 0 Å². The molecule has 5 heteroatoms. The maximum atomic E-state index is 13.0. The molecule has 1 aromatic carbocycles. The largest absolute Gasteiger partial charge is 0.396 e. The lowest BCUT2D eigenvalue weighted by Crippen LogP contribution is -2.30. The fourth-order valence-corrected chi connectivity index (χ4v) is 1.18. The lowest BCUT2D eigenvalue weighted by molar-refractivity contribution is 0.0767. The normalized spacial score (nSPS) is 10.1. The second-order valence-corrected chi connectivity index (χ2v) is 3.15. The Balaban J connectivity index is 2.96. The number of likely N-dealkylation sites (N-methyl/N-ethyl adjacent to an activating group) is 1. The standard InChI is InChI=1S/C10H13FN2O2/c1-13(5-6-14)10(15)7-3-2-4-8(11)9(7)12/h2-4,14H,5-6,12H2,1H3. The van der Waals surface area contributed by atoms with Crippen molar-refractivity contribution in [3.63, 3.8) is 0 Å². The molecule has 0 aliphatic carbocycles.